The van der Waals surface area contributed by atoms with Gasteiger partial charge in [-0.1, -0.05) is 42.8 Å². The van der Waals surface area contributed by atoms with Gasteiger partial charge in [-0.3, -0.25) is 0 Å². The number of hydrogen-bond donors (Lipinski definition) is 1. The van der Waals surface area contributed by atoms with Crippen LogP contribution in [0.3, 0.4) is 0 Å². The number of carboxylic acids is 1. The van der Waals surface area contributed by atoms with Crippen molar-refractivity contribution in [3.05, 3.63) is 65.2 Å². The van der Waals surface area contributed by atoms with Gasteiger partial charge in [0.15, 0.2) is 0 Å². The van der Waals surface area contributed by atoms with Gasteiger partial charge in [-0.05, 0) is 37.1 Å². The number of aryl methyl sites for hydroxylation is 1. The molecule has 0 spiro atoms. The molecule has 6 nitrogen and oxygen atoms in total. The Balaban J connectivity index is 1.59. The van der Waals surface area contributed by atoms with Crippen LogP contribution in [0.2, 0.25) is 0 Å². The SMILES string of the molecule is CCCN1C(=O)N(Cc2ccc(C)cc2)CC1CCOc1cccc(C(=O)O)c1. The molecule has 0 saturated carbocycles. The molecule has 1 saturated heterocycles. The van der Waals surface area contributed by atoms with E-state index < -0.39 is 5.97 Å². The number of benzene rings is 2. The van der Waals surface area contributed by atoms with E-state index in [4.69, 9.17) is 9.84 Å². The molecule has 1 fully saturated rings. The standard InChI is InChI=1S/C23H28N2O4/c1-3-12-25-20(11-13-29-21-6-4-5-19(14-21)22(26)27)16-24(23(25)28)15-18-9-7-17(2)8-10-18/h4-10,14,20H,3,11-13,15-16H2,1-2H3,(H,26,27). The molecule has 2 aromatic rings. The average Bonchev–Trinajstić information content (AvgIpc) is 2.99. The Morgan fingerprint density at radius 3 is 2.66 bits per heavy atom. The lowest BCUT2D eigenvalue weighted by molar-refractivity contribution is 0.0696. The van der Waals surface area contributed by atoms with E-state index in [9.17, 15) is 9.59 Å². The van der Waals surface area contributed by atoms with Gasteiger partial charge >= 0.3 is 12.0 Å². The van der Waals surface area contributed by atoms with Crippen LogP contribution in [0.4, 0.5) is 4.79 Å². The van der Waals surface area contributed by atoms with Gasteiger partial charge in [0.25, 0.3) is 0 Å². The van der Waals surface area contributed by atoms with Gasteiger partial charge < -0.3 is 19.6 Å². The Labute approximate surface area is 171 Å². The number of carbonyl (C=O) groups is 2. The lowest BCUT2D eigenvalue weighted by atomic mass is 10.1. The van der Waals surface area contributed by atoms with Gasteiger partial charge in [0.2, 0.25) is 0 Å². The molecule has 0 aromatic heterocycles. The van der Waals surface area contributed by atoms with Crippen LogP contribution >= 0.6 is 0 Å². The molecule has 6 heteroatoms. The Morgan fingerprint density at radius 2 is 1.97 bits per heavy atom. The second-order valence-electron chi connectivity index (χ2n) is 7.47. The van der Waals surface area contributed by atoms with Crippen LogP contribution < -0.4 is 4.74 Å². The minimum atomic E-state index is -0.974. The van der Waals surface area contributed by atoms with Gasteiger partial charge in [-0.2, -0.15) is 0 Å². The van der Waals surface area contributed by atoms with Crippen molar-refractivity contribution in [3.8, 4) is 5.75 Å². The van der Waals surface area contributed by atoms with Crippen LogP contribution in [-0.4, -0.2) is 52.6 Å². The summed E-state index contributed by atoms with van der Waals surface area (Å²) in [5, 5.41) is 9.09. The summed E-state index contributed by atoms with van der Waals surface area (Å²) in [6.45, 7) is 6.56. The molecular formula is C23H28N2O4. The van der Waals surface area contributed by atoms with E-state index in [0.29, 0.717) is 31.9 Å². The van der Waals surface area contributed by atoms with Crippen LogP contribution in [-0.2, 0) is 6.54 Å². The normalized spacial score (nSPS) is 16.3. The first-order chi connectivity index (χ1) is 14.0. The molecule has 1 heterocycles. The smallest absolute Gasteiger partial charge is 0.335 e. The third-order valence-corrected chi connectivity index (χ3v) is 5.15. The molecule has 1 atom stereocenters. The van der Waals surface area contributed by atoms with Gasteiger partial charge in [0, 0.05) is 26.1 Å². The van der Waals surface area contributed by atoms with Gasteiger partial charge in [-0.15, -0.1) is 0 Å². The molecule has 3 rings (SSSR count). The highest BCUT2D eigenvalue weighted by atomic mass is 16.5. The Morgan fingerprint density at radius 1 is 1.21 bits per heavy atom. The molecule has 1 aliphatic rings. The van der Waals surface area contributed by atoms with Gasteiger partial charge in [0.1, 0.15) is 5.75 Å². The predicted molar refractivity (Wildman–Crippen MR) is 111 cm³/mol. The largest absolute Gasteiger partial charge is 0.493 e. The number of rotatable bonds is 9. The minimum Gasteiger partial charge on any atom is -0.493 e. The number of hydrogen-bond acceptors (Lipinski definition) is 3. The van der Waals surface area contributed by atoms with Crippen molar-refractivity contribution in [2.45, 2.75) is 39.3 Å². The van der Waals surface area contributed by atoms with Gasteiger partial charge in [0.05, 0.1) is 18.2 Å². The summed E-state index contributed by atoms with van der Waals surface area (Å²) in [6, 6.07) is 14.9. The van der Waals surface area contributed by atoms with E-state index in [2.05, 4.69) is 38.1 Å². The van der Waals surface area contributed by atoms with Crippen LogP contribution in [0.15, 0.2) is 48.5 Å². The van der Waals surface area contributed by atoms with Crippen molar-refractivity contribution < 1.29 is 19.4 Å². The summed E-state index contributed by atoms with van der Waals surface area (Å²) in [7, 11) is 0. The van der Waals surface area contributed by atoms with Crippen molar-refractivity contribution in [1.29, 1.82) is 0 Å². The van der Waals surface area contributed by atoms with Gasteiger partial charge in [-0.25, -0.2) is 9.59 Å². The van der Waals surface area contributed by atoms with Crippen LogP contribution in [0.5, 0.6) is 5.75 Å². The highest BCUT2D eigenvalue weighted by Crippen LogP contribution is 2.22. The number of carbonyl (C=O) groups excluding carboxylic acids is 1. The molecule has 1 aliphatic heterocycles. The van der Waals surface area contributed by atoms with Crippen LogP contribution in [0, 0.1) is 6.92 Å². The zero-order chi connectivity index (χ0) is 20.8. The lowest BCUT2D eigenvalue weighted by Crippen LogP contribution is -2.36. The highest BCUT2D eigenvalue weighted by Gasteiger charge is 2.36. The fourth-order valence-corrected chi connectivity index (χ4v) is 3.61. The third-order valence-electron chi connectivity index (χ3n) is 5.15. The van der Waals surface area contributed by atoms with E-state index in [1.807, 2.05) is 9.80 Å². The summed E-state index contributed by atoms with van der Waals surface area (Å²) in [5.74, 6) is -0.439. The summed E-state index contributed by atoms with van der Waals surface area (Å²) < 4.78 is 5.77. The number of carboxylic acid groups (broad SMARTS) is 1. The molecule has 0 bridgehead atoms. The minimum absolute atomic E-state index is 0.0744. The number of urea groups is 1. The maximum atomic E-state index is 12.9. The molecule has 2 aromatic carbocycles. The first-order valence-corrected chi connectivity index (χ1v) is 10.0. The summed E-state index contributed by atoms with van der Waals surface area (Å²) >= 11 is 0. The maximum Gasteiger partial charge on any atom is 0.335 e. The first-order valence-electron chi connectivity index (χ1n) is 10.0. The Kier molecular flexibility index (Phi) is 6.75. The first kappa shape index (κ1) is 20.7. The monoisotopic (exact) mass is 396 g/mol. The molecule has 0 radical (unpaired) electrons. The second kappa shape index (κ2) is 9.45. The second-order valence-corrected chi connectivity index (χ2v) is 7.47. The Bertz CT molecular complexity index is 850. The number of nitrogens with zero attached hydrogens (tertiary/aromatic N) is 2. The molecule has 2 amide bonds. The predicted octanol–water partition coefficient (Wildman–Crippen LogP) is 4.18. The molecule has 29 heavy (non-hydrogen) atoms. The molecule has 0 aliphatic carbocycles. The lowest BCUT2D eigenvalue weighted by Gasteiger charge is -2.22. The molecule has 1 N–H and O–H groups in total. The molecular weight excluding hydrogens is 368 g/mol. The maximum absolute atomic E-state index is 12.9. The van der Waals surface area contributed by atoms with E-state index >= 15 is 0 Å². The van der Waals surface area contributed by atoms with E-state index in [1.54, 1.807) is 12.1 Å². The van der Waals surface area contributed by atoms with E-state index in [0.717, 1.165) is 18.5 Å². The number of amides is 2. The number of aromatic carboxylic acids is 1. The van der Waals surface area contributed by atoms with Crippen LogP contribution in [0.25, 0.3) is 0 Å². The van der Waals surface area contributed by atoms with Crippen molar-refractivity contribution in [3.63, 3.8) is 0 Å². The summed E-state index contributed by atoms with van der Waals surface area (Å²) in [4.78, 5) is 27.8. The van der Waals surface area contributed by atoms with Crippen molar-refractivity contribution >= 4 is 12.0 Å². The van der Waals surface area contributed by atoms with Crippen molar-refractivity contribution in [1.82, 2.24) is 9.80 Å². The third kappa shape index (κ3) is 5.28. The molecule has 154 valence electrons. The van der Waals surface area contributed by atoms with Crippen molar-refractivity contribution in [2.75, 3.05) is 19.7 Å². The zero-order valence-electron chi connectivity index (χ0n) is 17.0. The summed E-state index contributed by atoms with van der Waals surface area (Å²) in [5.41, 5.74) is 2.54. The fraction of sp³-hybridized carbons (Fsp3) is 0.391. The fourth-order valence-electron chi connectivity index (χ4n) is 3.61. The summed E-state index contributed by atoms with van der Waals surface area (Å²) in [6.07, 6.45) is 1.61. The highest BCUT2D eigenvalue weighted by molar-refractivity contribution is 5.88. The Hall–Kier alpha value is -3.02. The zero-order valence-corrected chi connectivity index (χ0v) is 17.0. The average molecular weight is 396 g/mol. The molecule has 1 unspecified atom stereocenters. The van der Waals surface area contributed by atoms with E-state index in [-0.39, 0.29) is 17.6 Å². The van der Waals surface area contributed by atoms with Crippen LogP contribution in [0.1, 0.15) is 41.3 Å². The quantitative estimate of drug-likeness (QED) is 0.690. The number of ether oxygens (including phenoxy) is 1. The topological polar surface area (TPSA) is 70.1 Å². The van der Waals surface area contributed by atoms with E-state index in [1.165, 1.54) is 17.7 Å². The van der Waals surface area contributed by atoms with Crippen molar-refractivity contribution in [2.24, 2.45) is 0 Å².